The first kappa shape index (κ1) is 10.8. The third kappa shape index (κ3) is 3.14. The van der Waals surface area contributed by atoms with Crippen molar-refractivity contribution in [3.05, 3.63) is 16.5 Å². The molecule has 15 heavy (non-hydrogen) atoms. The molecule has 0 aliphatic heterocycles. The van der Waals surface area contributed by atoms with Crippen LogP contribution in [0.4, 0.5) is 5.82 Å². The lowest BCUT2D eigenvalue weighted by atomic mass is 10.4. The van der Waals surface area contributed by atoms with Gasteiger partial charge in [0.05, 0.1) is 6.61 Å². The van der Waals surface area contributed by atoms with E-state index in [2.05, 4.69) is 31.2 Å². The first-order chi connectivity index (χ1) is 7.29. The van der Waals surface area contributed by atoms with E-state index in [4.69, 9.17) is 4.74 Å². The standard InChI is InChI=1S/C10H14BrN3O/c1-15-5-4-12-9-6-8(11)13-10(14-9)7-2-3-7/h6-7H,2-5H2,1H3,(H,12,13,14). The maximum absolute atomic E-state index is 4.97. The lowest BCUT2D eigenvalue weighted by Crippen LogP contribution is -2.10. The molecule has 82 valence electrons. The van der Waals surface area contributed by atoms with Crippen molar-refractivity contribution in [1.82, 2.24) is 9.97 Å². The lowest BCUT2D eigenvalue weighted by Gasteiger charge is -2.06. The molecule has 0 saturated heterocycles. The van der Waals surface area contributed by atoms with Crippen molar-refractivity contribution in [1.29, 1.82) is 0 Å². The fraction of sp³-hybridized carbons (Fsp3) is 0.600. The molecule has 1 saturated carbocycles. The molecule has 1 heterocycles. The van der Waals surface area contributed by atoms with E-state index in [1.165, 1.54) is 12.8 Å². The molecule has 1 aromatic heterocycles. The summed E-state index contributed by atoms with van der Waals surface area (Å²) in [5.41, 5.74) is 0. The van der Waals surface area contributed by atoms with Gasteiger partial charge in [0, 0.05) is 25.6 Å². The predicted octanol–water partition coefficient (Wildman–Crippen LogP) is 2.17. The summed E-state index contributed by atoms with van der Waals surface area (Å²) in [7, 11) is 1.69. The number of nitrogens with zero attached hydrogens (tertiary/aromatic N) is 2. The summed E-state index contributed by atoms with van der Waals surface area (Å²) in [4.78, 5) is 8.82. The van der Waals surface area contributed by atoms with Gasteiger partial charge in [-0.1, -0.05) is 0 Å². The van der Waals surface area contributed by atoms with E-state index in [9.17, 15) is 0 Å². The van der Waals surface area contributed by atoms with Crippen LogP contribution >= 0.6 is 15.9 Å². The number of hydrogen-bond acceptors (Lipinski definition) is 4. The van der Waals surface area contributed by atoms with E-state index in [0.29, 0.717) is 12.5 Å². The van der Waals surface area contributed by atoms with Crippen LogP contribution < -0.4 is 5.32 Å². The number of aromatic nitrogens is 2. The van der Waals surface area contributed by atoms with Crippen LogP contribution in [0.2, 0.25) is 0 Å². The second-order valence-corrected chi connectivity index (χ2v) is 4.44. The Bertz CT molecular complexity index is 341. The maximum atomic E-state index is 4.97. The van der Waals surface area contributed by atoms with E-state index >= 15 is 0 Å². The smallest absolute Gasteiger partial charge is 0.135 e. The summed E-state index contributed by atoms with van der Waals surface area (Å²) < 4.78 is 5.81. The molecule has 0 bridgehead atoms. The zero-order valence-electron chi connectivity index (χ0n) is 8.66. The number of rotatable bonds is 5. The van der Waals surface area contributed by atoms with Gasteiger partial charge in [-0.2, -0.15) is 0 Å². The number of methoxy groups -OCH3 is 1. The number of halogens is 1. The lowest BCUT2D eigenvalue weighted by molar-refractivity contribution is 0.210. The zero-order chi connectivity index (χ0) is 10.7. The Kier molecular flexibility index (Phi) is 3.53. The molecular formula is C10H14BrN3O. The first-order valence-electron chi connectivity index (χ1n) is 5.07. The third-order valence-corrected chi connectivity index (χ3v) is 2.67. The van der Waals surface area contributed by atoms with Gasteiger partial charge in [0.2, 0.25) is 0 Å². The topological polar surface area (TPSA) is 47.0 Å². The van der Waals surface area contributed by atoms with Crippen molar-refractivity contribution in [3.63, 3.8) is 0 Å². The Labute approximate surface area is 97.6 Å². The minimum Gasteiger partial charge on any atom is -0.383 e. The van der Waals surface area contributed by atoms with Crippen LogP contribution in [0.25, 0.3) is 0 Å². The van der Waals surface area contributed by atoms with Crippen molar-refractivity contribution in [2.45, 2.75) is 18.8 Å². The predicted molar refractivity (Wildman–Crippen MR) is 62.1 cm³/mol. The number of ether oxygens (including phenoxy) is 1. The van der Waals surface area contributed by atoms with E-state index < -0.39 is 0 Å². The molecule has 0 amide bonds. The second-order valence-electron chi connectivity index (χ2n) is 3.63. The number of hydrogen-bond donors (Lipinski definition) is 1. The van der Waals surface area contributed by atoms with E-state index in [1.807, 2.05) is 6.07 Å². The highest BCUT2D eigenvalue weighted by Gasteiger charge is 2.27. The van der Waals surface area contributed by atoms with Gasteiger partial charge in [0.1, 0.15) is 16.2 Å². The Morgan fingerprint density at radius 2 is 2.33 bits per heavy atom. The molecule has 1 fully saturated rings. The fourth-order valence-electron chi connectivity index (χ4n) is 1.33. The molecule has 0 aromatic carbocycles. The molecule has 0 spiro atoms. The average molecular weight is 272 g/mol. The zero-order valence-corrected chi connectivity index (χ0v) is 10.2. The van der Waals surface area contributed by atoms with Crippen molar-refractivity contribution < 1.29 is 4.74 Å². The molecule has 1 N–H and O–H groups in total. The molecule has 0 radical (unpaired) electrons. The molecule has 4 nitrogen and oxygen atoms in total. The van der Waals surface area contributed by atoms with Crippen LogP contribution in [-0.2, 0) is 4.74 Å². The Morgan fingerprint density at radius 1 is 1.53 bits per heavy atom. The molecule has 2 rings (SSSR count). The normalized spacial score (nSPS) is 15.3. The van der Waals surface area contributed by atoms with E-state index in [1.54, 1.807) is 7.11 Å². The first-order valence-corrected chi connectivity index (χ1v) is 5.86. The fourth-order valence-corrected chi connectivity index (χ4v) is 1.73. The Balaban J connectivity index is 2.02. The molecule has 0 atom stereocenters. The Morgan fingerprint density at radius 3 is 3.00 bits per heavy atom. The summed E-state index contributed by atoms with van der Waals surface area (Å²) in [6.07, 6.45) is 2.43. The van der Waals surface area contributed by atoms with Gasteiger partial charge in [0.15, 0.2) is 0 Å². The highest BCUT2D eigenvalue weighted by Crippen LogP contribution is 2.38. The molecule has 5 heteroatoms. The minimum absolute atomic E-state index is 0.575. The summed E-state index contributed by atoms with van der Waals surface area (Å²) in [6.45, 7) is 1.45. The van der Waals surface area contributed by atoms with Gasteiger partial charge in [-0.25, -0.2) is 9.97 Å². The van der Waals surface area contributed by atoms with Crippen LogP contribution in [0.5, 0.6) is 0 Å². The van der Waals surface area contributed by atoms with E-state index in [0.717, 1.165) is 22.8 Å². The van der Waals surface area contributed by atoms with Crippen molar-refractivity contribution in [3.8, 4) is 0 Å². The van der Waals surface area contributed by atoms with Crippen molar-refractivity contribution in [2.24, 2.45) is 0 Å². The average Bonchev–Trinajstić information content (AvgIpc) is 3.00. The Hall–Kier alpha value is -0.680. The van der Waals surface area contributed by atoms with Gasteiger partial charge in [-0.15, -0.1) is 0 Å². The van der Waals surface area contributed by atoms with Crippen LogP contribution in [0.1, 0.15) is 24.6 Å². The summed E-state index contributed by atoms with van der Waals surface area (Å²) in [5, 5.41) is 3.20. The minimum atomic E-state index is 0.575. The highest BCUT2D eigenvalue weighted by atomic mass is 79.9. The summed E-state index contributed by atoms with van der Waals surface area (Å²) in [5.74, 6) is 2.39. The summed E-state index contributed by atoms with van der Waals surface area (Å²) in [6, 6.07) is 1.89. The van der Waals surface area contributed by atoms with Gasteiger partial charge < -0.3 is 10.1 Å². The van der Waals surface area contributed by atoms with Gasteiger partial charge in [-0.05, 0) is 28.8 Å². The molecule has 1 aliphatic rings. The van der Waals surface area contributed by atoms with Gasteiger partial charge in [0.25, 0.3) is 0 Å². The van der Waals surface area contributed by atoms with Crippen LogP contribution in [-0.4, -0.2) is 30.2 Å². The monoisotopic (exact) mass is 271 g/mol. The van der Waals surface area contributed by atoms with Crippen LogP contribution in [0.15, 0.2) is 10.7 Å². The van der Waals surface area contributed by atoms with E-state index in [-0.39, 0.29) is 0 Å². The molecule has 0 unspecified atom stereocenters. The molecule has 1 aliphatic carbocycles. The molecular weight excluding hydrogens is 258 g/mol. The second kappa shape index (κ2) is 4.90. The van der Waals surface area contributed by atoms with Crippen LogP contribution in [0, 0.1) is 0 Å². The third-order valence-electron chi connectivity index (χ3n) is 2.27. The SMILES string of the molecule is COCCNc1cc(Br)nc(C2CC2)n1. The number of nitrogens with one attached hydrogen (secondary N) is 1. The largest absolute Gasteiger partial charge is 0.383 e. The number of anilines is 1. The summed E-state index contributed by atoms with van der Waals surface area (Å²) >= 11 is 3.40. The van der Waals surface area contributed by atoms with Gasteiger partial charge >= 0.3 is 0 Å². The van der Waals surface area contributed by atoms with Crippen molar-refractivity contribution in [2.75, 3.05) is 25.6 Å². The maximum Gasteiger partial charge on any atom is 0.135 e. The van der Waals surface area contributed by atoms with Gasteiger partial charge in [-0.3, -0.25) is 0 Å². The van der Waals surface area contributed by atoms with Crippen molar-refractivity contribution >= 4 is 21.7 Å². The molecule has 1 aromatic rings. The quantitative estimate of drug-likeness (QED) is 0.659. The van der Waals surface area contributed by atoms with Crippen LogP contribution in [0.3, 0.4) is 0 Å². The highest BCUT2D eigenvalue weighted by molar-refractivity contribution is 9.10.